The van der Waals surface area contributed by atoms with Gasteiger partial charge < -0.3 is 15.3 Å². The summed E-state index contributed by atoms with van der Waals surface area (Å²) in [5, 5.41) is 13.0. The van der Waals surface area contributed by atoms with E-state index >= 15 is 0 Å². The van der Waals surface area contributed by atoms with E-state index in [-0.39, 0.29) is 17.5 Å². The third-order valence-electron chi connectivity index (χ3n) is 5.27. The van der Waals surface area contributed by atoms with Crippen LogP contribution in [0, 0.1) is 0 Å². The van der Waals surface area contributed by atoms with Crippen molar-refractivity contribution in [3.63, 3.8) is 0 Å². The molecular weight excluding hydrogens is 358 g/mol. The molecule has 1 saturated heterocycles. The monoisotopic (exact) mass is 379 g/mol. The zero-order valence-electron chi connectivity index (χ0n) is 15.3. The molecule has 2 aromatic rings. The molecule has 0 bridgehead atoms. The van der Waals surface area contributed by atoms with Gasteiger partial charge >= 0.3 is 5.97 Å². The minimum Gasteiger partial charge on any atom is -0.480 e. The number of hydrogen-bond acceptors (Lipinski definition) is 5. The van der Waals surface area contributed by atoms with E-state index in [4.69, 9.17) is 0 Å². The highest BCUT2D eigenvalue weighted by molar-refractivity contribution is 6.22. The van der Waals surface area contributed by atoms with Gasteiger partial charge in [0.25, 0.3) is 11.8 Å². The van der Waals surface area contributed by atoms with Crippen LogP contribution in [0.1, 0.15) is 26.3 Å². The molecule has 0 spiro atoms. The van der Waals surface area contributed by atoms with Gasteiger partial charge in [-0.2, -0.15) is 0 Å². The van der Waals surface area contributed by atoms with E-state index in [0.29, 0.717) is 0 Å². The predicted molar refractivity (Wildman–Crippen MR) is 104 cm³/mol. The predicted octanol–water partition coefficient (Wildman–Crippen LogP) is 1.39. The van der Waals surface area contributed by atoms with Crippen molar-refractivity contribution < 1.29 is 19.5 Å². The fraction of sp³-hybridized carbons (Fsp3) is 0.286. The lowest BCUT2D eigenvalue weighted by molar-refractivity contribution is -0.141. The number of carbonyl (C=O) groups excluding carboxylic acids is 2. The van der Waals surface area contributed by atoms with E-state index in [1.165, 1.54) is 0 Å². The van der Waals surface area contributed by atoms with Crippen LogP contribution in [-0.2, 0) is 11.2 Å². The van der Waals surface area contributed by atoms with Gasteiger partial charge in [-0.1, -0.05) is 24.3 Å². The lowest BCUT2D eigenvalue weighted by Gasteiger charge is -2.29. The molecule has 28 heavy (non-hydrogen) atoms. The smallest absolute Gasteiger partial charge is 0.327 e. The van der Waals surface area contributed by atoms with Crippen LogP contribution in [0.4, 0.5) is 5.69 Å². The number of nitrogens with one attached hydrogen (secondary N) is 1. The van der Waals surface area contributed by atoms with Gasteiger partial charge in [0, 0.05) is 38.3 Å². The van der Waals surface area contributed by atoms with Crippen molar-refractivity contribution in [3.05, 3.63) is 65.2 Å². The van der Waals surface area contributed by atoms with Crippen molar-refractivity contribution in [2.24, 2.45) is 0 Å². The van der Waals surface area contributed by atoms with Crippen LogP contribution >= 0.6 is 0 Å². The number of hydrogen-bond donors (Lipinski definition) is 2. The van der Waals surface area contributed by atoms with Crippen molar-refractivity contribution in [1.29, 1.82) is 0 Å². The Bertz CT molecular complexity index is 885. The number of carbonyl (C=O) groups is 3. The Balaban J connectivity index is 1.54. The first-order valence-electron chi connectivity index (χ1n) is 9.30. The molecule has 0 aromatic heterocycles. The SMILES string of the molecule is O=C(O)C(Cc1ccc(N2CCNCC2)cc1)N1C(=O)c2ccccc2C1=O. The molecule has 0 saturated carbocycles. The first kappa shape index (κ1) is 18.2. The molecule has 144 valence electrons. The highest BCUT2D eigenvalue weighted by Gasteiger charge is 2.42. The summed E-state index contributed by atoms with van der Waals surface area (Å²) < 4.78 is 0. The molecule has 0 aliphatic carbocycles. The topological polar surface area (TPSA) is 89.9 Å². The molecule has 2 aliphatic heterocycles. The van der Waals surface area contributed by atoms with Crippen LogP contribution in [0.3, 0.4) is 0 Å². The molecule has 2 aliphatic rings. The van der Waals surface area contributed by atoms with Crippen LogP contribution in [-0.4, -0.2) is 60.0 Å². The zero-order chi connectivity index (χ0) is 19.7. The van der Waals surface area contributed by atoms with Gasteiger partial charge in [0.15, 0.2) is 0 Å². The van der Waals surface area contributed by atoms with Crippen LogP contribution < -0.4 is 10.2 Å². The fourth-order valence-electron chi connectivity index (χ4n) is 3.77. The van der Waals surface area contributed by atoms with E-state index < -0.39 is 23.8 Å². The maximum Gasteiger partial charge on any atom is 0.327 e. The van der Waals surface area contributed by atoms with Gasteiger partial charge in [0.2, 0.25) is 0 Å². The van der Waals surface area contributed by atoms with Crippen molar-refractivity contribution in [2.45, 2.75) is 12.5 Å². The Labute approximate surface area is 162 Å². The van der Waals surface area contributed by atoms with Gasteiger partial charge in [0.1, 0.15) is 6.04 Å². The van der Waals surface area contributed by atoms with E-state index in [2.05, 4.69) is 10.2 Å². The number of amides is 2. The van der Waals surface area contributed by atoms with Crippen molar-refractivity contribution in [3.8, 4) is 0 Å². The van der Waals surface area contributed by atoms with Crippen LogP contribution in [0.2, 0.25) is 0 Å². The Morgan fingerprint density at radius 1 is 0.964 bits per heavy atom. The van der Waals surface area contributed by atoms with Crippen molar-refractivity contribution >= 4 is 23.5 Å². The zero-order valence-corrected chi connectivity index (χ0v) is 15.3. The number of aliphatic carboxylic acids is 1. The molecule has 2 N–H and O–H groups in total. The number of imide groups is 1. The van der Waals surface area contributed by atoms with Crippen molar-refractivity contribution in [1.82, 2.24) is 10.2 Å². The molecular formula is C21H21N3O4. The van der Waals surface area contributed by atoms with E-state index in [9.17, 15) is 19.5 Å². The molecule has 2 heterocycles. The number of benzene rings is 2. The summed E-state index contributed by atoms with van der Waals surface area (Å²) in [7, 11) is 0. The highest BCUT2D eigenvalue weighted by Crippen LogP contribution is 2.26. The maximum absolute atomic E-state index is 12.6. The van der Waals surface area contributed by atoms with Crippen LogP contribution in [0.5, 0.6) is 0 Å². The summed E-state index contributed by atoms with van der Waals surface area (Å²) in [5.41, 5.74) is 2.36. The average molecular weight is 379 g/mol. The van der Waals surface area contributed by atoms with Gasteiger partial charge in [0.05, 0.1) is 11.1 Å². The van der Waals surface area contributed by atoms with Gasteiger partial charge in [-0.3, -0.25) is 14.5 Å². The fourth-order valence-corrected chi connectivity index (χ4v) is 3.77. The number of fused-ring (bicyclic) bond motifs is 1. The Hall–Kier alpha value is -3.19. The lowest BCUT2D eigenvalue weighted by atomic mass is 10.0. The standard InChI is InChI=1S/C21H21N3O4/c25-19-16-3-1-2-4-17(16)20(26)24(19)18(21(27)28)13-14-5-7-15(8-6-14)23-11-9-22-10-12-23/h1-8,18,22H,9-13H2,(H,27,28). The van der Waals surface area contributed by atoms with Gasteiger partial charge in [-0.15, -0.1) is 0 Å². The third kappa shape index (κ3) is 3.25. The minimum atomic E-state index is -1.24. The van der Waals surface area contributed by atoms with Gasteiger partial charge in [-0.25, -0.2) is 4.79 Å². The first-order valence-corrected chi connectivity index (χ1v) is 9.30. The van der Waals surface area contributed by atoms with Crippen molar-refractivity contribution in [2.75, 3.05) is 31.1 Å². The number of anilines is 1. The lowest BCUT2D eigenvalue weighted by Crippen LogP contribution is -2.46. The quantitative estimate of drug-likeness (QED) is 0.763. The second-order valence-electron chi connectivity index (χ2n) is 6.99. The Kier molecular flexibility index (Phi) is 4.83. The molecule has 7 nitrogen and oxygen atoms in total. The average Bonchev–Trinajstić information content (AvgIpc) is 2.98. The maximum atomic E-state index is 12.6. The summed E-state index contributed by atoms with van der Waals surface area (Å²) in [4.78, 5) is 40.3. The number of piperazine rings is 1. The second kappa shape index (κ2) is 7.44. The number of nitrogens with zero attached hydrogens (tertiary/aromatic N) is 2. The first-order chi connectivity index (χ1) is 13.6. The molecule has 1 atom stereocenters. The molecule has 4 rings (SSSR count). The van der Waals surface area contributed by atoms with Crippen LogP contribution in [0.15, 0.2) is 48.5 Å². The normalized spacial score (nSPS) is 17.6. The molecule has 2 aromatic carbocycles. The number of carboxylic acid groups (broad SMARTS) is 1. The van der Waals surface area contributed by atoms with E-state index in [0.717, 1.165) is 42.3 Å². The Morgan fingerprint density at radius 2 is 1.54 bits per heavy atom. The Morgan fingerprint density at radius 3 is 2.07 bits per heavy atom. The van der Waals surface area contributed by atoms with E-state index in [1.54, 1.807) is 24.3 Å². The van der Waals surface area contributed by atoms with Gasteiger partial charge in [-0.05, 0) is 29.8 Å². The molecule has 7 heteroatoms. The highest BCUT2D eigenvalue weighted by atomic mass is 16.4. The molecule has 0 radical (unpaired) electrons. The molecule has 1 fully saturated rings. The summed E-state index contributed by atoms with van der Waals surface area (Å²) in [6, 6.07) is 12.8. The molecule has 1 unspecified atom stereocenters. The minimum absolute atomic E-state index is 0.0721. The third-order valence-corrected chi connectivity index (χ3v) is 5.27. The largest absolute Gasteiger partial charge is 0.480 e. The summed E-state index contributed by atoms with van der Waals surface area (Å²) in [6.07, 6.45) is 0.0721. The summed E-state index contributed by atoms with van der Waals surface area (Å²) >= 11 is 0. The summed E-state index contributed by atoms with van der Waals surface area (Å²) in [5.74, 6) is -2.29. The molecule has 2 amide bonds. The second-order valence-corrected chi connectivity index (χ2v) is 6.99. The summed E-state index contributed by atoms with van der Waals surface area (Å²) in [6.45, 7) is 3.71. The van der Waals surface area contributed by atoms with Crippen LogP contribution in [0.25, 0.3) is 0 Å². The number of rotatable bonds is 5. The number of carboxylic acids is 1. The van der Waals surface area contributed by atoms with E-state index in [1.807, 2.05) is 24.3 Å².